The number of anilines is 2. The van der Waals surface area contributed by atoms with Crippen molar-refractivity contribution >= 4 is 41.0 Å². The number of hydrogen-bond donors (Lipinski definition) is 2. The molecule has 0 bridgehead atoms. The summed E-state index contributed by atoms with van der Waals surface area (Å²) in [6, 6.07) is 2.95. The number of nitrogens with two attached hydrogens (primary N) is 1. The molecule has 42 heavy (non-hydrogen) atoms. The predicted octanol–water partition coefficient (Wildman–Crippen LogP) is 0.759. The standard InChI is InChI=1S/C29H32FN7O5/c30-21-13-19-20(29(42)37(28(19)41)22-2-4-25(38)33-27(22)40)14-23(21)35-11-9-34(10-12-35)16-17-5-7-36(8-6-17)24-3-1-18(15-32-24)26(31)39/h1,3,13-15,17,22H,2,4-12,16H2,(H2,31,39)(H,33,38,40)/i9D2,10D2,11D2,12D2. The molecule has 4 aliphatic heterocycles. The fourth-order valence-corrected chi connectivity index (χ4v) is 5.46. The zero-order valence-corrected chi connectivity index (χ0v) is 22.2. The normalized spacial score (nSPS) is 29.6. The maximum Gasteiger partial charge on any atom is 0.262 e. The molecule has 1 aromatic heterocycles. The summed E-state index contributed by atoms with van der Waals surface area (Å²) < 4.78 is 86.5. The number of hydrogen-bond acceptors (Lipinski definition) is 9. The zero-order valence-electron chi connectivity index (χ0n) is 30.2. The van der Waals surface area contributed by atoms with E-state index in [1.165, 1.54) is 12.3 Å². The van der Waals surface area contributed by atoms with Crippen molar-refractivity contribution < 1.29 is 39.3 Å². The molecule has 3 fully saturated rings. The minimum Gasteiger partial charge on any atom is -0.367 e. The molecule has 5 amide bonds. The van der Waals surface area contributed by atoms with Crippen LogP contribution in [0.4, 0.5) is 15.9 Å². The minimum atomic E-state index is -3.46. The van der Waals surface area contributed by atoms with Gasteiger partial charge in [0.2, 0.25) is 17.7 Å². The van der Waals surface area contributed by atoms with Crippen molar-refractivity contribution in [3.05, 3.63) is 53.0 Å². The van der Waals surface area contributed by atoms with Crippen LogP contribution in [0.2, 0.25) is 0 Å². The number of carbonyl (C=O) groups is 5. The Morgan fingerprint density at radius 3 is 2.31 bits per heavy atom. The smallest absolute Gasteiger partial charge is 0.262 e. The van der Waals surface area contributed by atoms with Crippen molar-refractivity contribution in [1.82, 2.24) is 20.1 Å². The Hall–Kier alpha value is -4.39. The van der Waals surface area contributed by atoms with E-state index < -0.39 is 96.7 Å². The van der Waals surface area contributed by atoms with Gasteiger partial charge in [-0.25, -0.2) is 9.37 Å². The number of amides is 5. The summed E-state index contributed by atoms with van der Waals surface area (Å²) in [7, 11) is 0. The van der Waals surface area contributed by atoms with E-state index in [0.29, 0.717) is 53.7 Å². The molecule has 1 atom stereocenters. The summed E-state index contributed by atoms with van der Waals surface area (Å²) in [6.45, 7) is -13.1. The molecule has 12 nitrogen and oxygen atoms in total. The van der Waals surface area contributed by atoms with Gasteiger partial charge in [0.05, 0.1) is 27.9 Å². The quantitative estimate of drug-likeness (QED) is 0.469. The van der Waals surface area contributed by atoms with Crippen LogP contribution >= 0.6 is 0 Å². The molecule has 220 valence electrons. The molecule has 6 rings (SSSR count). The Labute approximate surface area is 252 Å². The van der Waals surface area contributed by atoms with Crippen LogP contribution in [0.15, 0.2) is 30.5 Å². The Morgan fingerprint density at radius 1 is 1.00 bits per heavy atom. The molecule has 4 aliphatic rings. The first-order valence-corrected chi connectivity index (χ1v) is 13.4. The maximum absolute atomic E-state index is 15.9. The van der Waals surface area contributed by atoms with Crippen LogP contribution in [0.3, 0.4) is 0 Å². The lowest BCUT2D eigenvalue weighted by Crippen LogP contribution is -2.54. The minimum absolute atomic E-state index is 0.0114. The molecule has 3 saturated heterocycles. The second-order valence-corrected chi connectivity index (χ2v) is 10.4. The molecular formula is C29H32FN7O5. The van der Waals surface area contributed by atoms with Crippen molar-refractivity contribution in [3.8, 4) is 0 Å². The number of pyridine rings is 1. The molecule has 0 radical (unpaired) electrons. The third-order valence-corrected chi connectivity index (χ3v) is 7.75. The first-order valence-electron chi connectivity index (χ1n) is 17.4. The Morgan fingerprint density at radius 2 is 1.69 bits per heavy atom. The summed E-state index contributed by atoms with van der Waals surface area (Å²) >= 11 is 0. The van der Waals surface area contributed by atoms with Crippen LogP contribution < -0.4 is 20.9 Å². The van der Waals surface area contributed by atoms with E-state index >= 15 is 4.39 Å². The largest absolute Gasteiger partial charge is 0.367 e. The first-order chi connectivity index (χ1) is 23.2. The molecular weight excluding hydrogens is 545 g/mol. The highest BCUT2D eigenvalue weighted by molar-refractivity contribution is 6.23. The lowest BCUT2D eigenvalue weighted by Gasteiger charge is -2.40. The van der Waals surface area contributed by atoms with E-state index in [1.807, 2.05) is 10.2 Å². The molecule has 5 heterocycles. The van der Waals surface area contributed by atoms with Crippen LogP contribution in [0.25, 0.3) is 0 Å². The van der Waals surface area contributed by atoms with E-state index in [1.54, 1.807) is 6.07 Å². The molecule has 13 heteroatoms. The Bertz CT molecular complexity index is 1780. The summed E-state index contributed by atoms with van der Waals surface area (Å²) in [4.78, 5) is 69.1. The molecule has 0 aliphatic carbocycles. The number of benzene rings is 1. The first kappa shape index (κ1) is 19.7. The number of primary amides is 1. The van der Waals surface area contributed by atoms with Gasteiger partial charge >= 0.3 is 0 Å². The summed E-state index contributed by atoms with van der Waals surface area (Å²) in [6.07, 6.45) is 1.70. The third kappa shape index (κ3) is 5.20. The van der Waals surface area contributed by atoms with E-state index in [2.05, 4.69) is 4.98 Å². The van der Waals surface area contributed by atoms with E-state index in [9.17, 15) is 24.0 Å². The van der Waals surface area contributed by atoms with Crippen molar-refractivity contribution in [2.45, 2.75) is 31.7 Å². The highest BCUT2D eigenvalue weighted by atomic mass is 19.1. The van der Waals surface area contributed by atoms with E-state index in [0.717, 1.165) is 0 Å². The van der Waals surface area contributed by atoms with Gasteiger partial charge < -0.3 is 15.5 Å². The Kier molecular flexibility index (Phi) is 5.21. The summed E-state index contributed by atoms with van der Waals surface area (Å²) in [5.41, 5.74) is 3.44. The molecule has 2 aromatic rings. The molecule has 3 N–H and O–H groups in total. The van der Waals surface area contributed by atoms with Gasteiger partial charge in [0.25, 0.3) is 11.8 Å². The van der Waals surface area contributed by atoms with Crippen molar-refractivity contribution in [3.63, 3.8) is 0 Å². The maximum atomic E-state index is 15.9. The van der Waals surface area contributed by atoms with Gasteiger partial charge in [-0.3, -0.25) is 39.1 Å². The number of fused-ring (bicyclic) bond motifs is 1. The monoisotopic (exact) mass is 585 g/mol. The lowest BCUT2D eigenvalue weighted by atomic mass is 9.96. The number of carbonyl (C=O) groups excluding carboxylic acids is 5. The van der Waals surface area contributed by atoms with Crippen molar-refractivity contribution in [2.24, 2.45) is 11.7 Å². The van der Waals surface area contributed by atoms with Crippen LogP contribution in [0.5, 0.6) is 0 Å². The second-order valence-electron chi connectivity index (χ2n) is 10.4. The van der Waals surface area contributed by atoms with E-state index in [-0.39, 0.29) is 23.3 Å². The van der Waals surface area contributed by atoms with Gasteiger partial charge in [-0.2, -0.15) is 0 Å². The van der Waals surface area contributed by atoms with Crippen molar-refractivity contribution in [2.75, 3.05) is 55.4 Å². The SMILES string of the molecule is [2H]C1([2H])N(CC2CCN(c3ccc(C(N)=O)cn3)CC2)C([2H])([2H])C([2H])([2H])N(c2cc3c(cc2F)C(=O)N(C2CCC(=O)NC2=O)C3=O)C1([2H])[2H]. The average molecular weight is 586 g/mol. The number of nitrogens with one attached hydrogen (secondary N) is 1. The van der Waals surface area contributed by atoms with E-state index in [4.69, 9.17) is 16.7 Å². The van der Waals surface area contributed by atoms with Gasteiger partial charge in [-0.15, -0.1) is 0 Å². The van der Waals surface area contributed by atoms with Gasteiger partial charge in [0.15, 0.2) is 0 Å². The fraction of sp³-hybridized carbons (Fsp3) is 0.448. The van der Waals surface area contributed by atoms with Crippen LogP contribution in [-0.2, 0) is 9.59 Å². The number of piperazine rings is 1. The highest BCUT2D eigenvalue weighted by Crippen LogP contribution is 2.33. The van der Waals surface area contributed by atoms with Crippen LogP contribution in [-0.4, -0.2) is 96.0 Å². The van der Waals surface area contributed by atoms with Gasteiger partial charge in [0, 0.05) is 63.7 Å². The number of imide groups is 2. The molecule has 0 saturated carbocycles. The number of piperidine rings is 2. The summed E-state index contributed by atoms with van der Waals surface area (Å²) in [5, 5.41) is 2.02. The zero-order chi connectivity index (χ0) is 36.7. The lowest BCUT2D eigenvalue weighted by molar-refractivity contribution is -0.136. The number of aromatic nitrogens is 1. The topological polar surface area (TPSA) is 149 Å². The molecule has 1 aromatic carbocycles. The van der Waals surface area contributed by atoms with Gasteiger partial charge in [0.1, 0.15) is 17.7 Å². The molecule has 1 unspecified atom stereocenters. The van der Waals surface area contributed by atoms with Gasteiger partial charge in [-0.1, -0.05) is 0 Å². The van der Waals surface area contributed by atoms with Gasteiger partial charge in [-0.05, 0) is 49.4 Å². The highest BCUT2D eigenvalue weighted by Gasteiger charge is 2.45. The summed E-state index contributed by atoms with van der Waals surface area (Å²) in [5.74, 6) is -5.65. The van der Waals surface area contributed by atoms with Crippen molar-refractivity contribution in [1.29, 1.82) is 0 Å². The third-order valence-electron chi connectivity index (χ3n) is 7.75. The fourth-order valence-electron chi connectivity index (χ4n) is 5.46. The molecule has 0 spiro atoms. The average Bonchev–Trinajstić information content (AvgIpc) is 3.27. The second kappa shape index (κ2) is 11.1. The van der Waals surface area contributed by atoms with Crippen LogP contribution in [0.1, 0.15) is 67.7 Å². The number of rotatable bonds is 6. The number of nitrogens with zero attached hydrogens (tertiary/aromatic N) is 5. The Balaban J connectivity index is 1.27. The number of halogens is 1. The predicted molar refractivity (Wildman–Crippen MR) is 149 cm³/mol. The van der Waals surface area contributed by atoms with Crippen LogP contribution in [0, 0.1) is 11.7 Å².